The Bertz CT molecular complexity index is 512. The normalized spacial score (nSPS) is 13.3. The lowest BCUT2D eigenvalue weighted by molar-refractivity contribution is -0.130. The van der Waals surface area contributed by atoms with Gasteiger partial charge in [-0.3, -0.25) is 4.79 Å². The number of nitrogens with zero attached hydrogens (tertiary/aromatic N) is 2. The number of rotatable bonds is 7. The van der Waals surface area contributed by atoms with Crippen LogP contribution in [0.3, 0.4) is 0 Å². The summed E-state index contributed by atoms with van der Waals surface area (Å²) in [5.41, 5.74) is 0.973. The quantitative estimate of drug-likeness (QED) is 0.842. The number of carbonyl (C=O) groups excluding carboxylic acids is 1. The summed E-state index contributed by atoms with van der Waals surface area (Å²) in [6.07, 6.45) is 0. The molecule has 0 bridgehead atoms. The number of nitriles is 1. The van der Waals surface area contributed by atoms with E-state index >= 15 is 0 Å². The fourth-order valence-corrected chi connectivity index (χ4v) is 2.37. The first-order valence-electron chi connectivity index (χ1n) is 7.14. The van der Waals surface area contributed by atoms with E-state index < -0.39 is 0 Å². The van der Waals surface area contributed by atoms with Gasteiger partial charge in [-0.1, -0.05) is 29.8 Å². The van der Waals surface area contributed by atoms with Crippen LogP contribution in [-0.4, -0.2) is 30.4 Å². The summed E-state index contributed by atoms with van der Waals surface area (Å²) in [5.74, 6) is -0.159. The molecule has 0 fully saturated rings. The van der Waals surface area contributed by atoms with Crippen LogP contribution in [0.25, 0.3) is 0 Å². The van der Waals surface area contributed by atoms with Gasteiger partial charge in [0.1, 0.15) is 0 Å². The van der Waals surface area contributed by atoms with Crippen molar-refractivity contribution >= 4 is 17.5 Å². The first kappa shape index (κ1) is 17.5. The molecule has 0 aliphatic carbocycles. The average Bonchev–Trinajstić information content (AvgIpc) is 2.50. The molecule has 4 nitrogen and oxygen atoms in total. The van der Waals surface area contributed by atoms with E-state index in [0.29, 0.717) is 18.1 Å². The minimum Gasteiger partial charge on any atom is -0.341 e. The molecule has 0 aliphatic heterocycles. The zero-order valence-electron chi connectivity index (χ0n) is 12.8. The number of hydrogen-bond acceptors (Lipinski definition) is 3. The molecule has 0 saturated heterocycles. The third-order valence-corrected chi connectivity index (χ3v) is 3.72. The second-order valence-electron chi connectivity index (χ2n) is 5.09. The van der Waals surface area contributed by atoms with E-state index in [9.17, 15) is 4.79 Å². The second-order valence-corrected chi connectivity index (χ2v) is 5.49. The molecule has 5 heteroatoms. The number of nitrogens with one attached hydrogen (secondary N) is 1. The first-order chi connectivity index (χ1) is 9.99. The molecule has 21 heavy (non-hydrogen) atoms. The highest BCUT2D eigenvalue weighted by atomic mass is 35.5. The number of halogens is 1. The second kappa shape index (κ2) is 8.66. The van der Waals surface area contributed by atoms with Gasteiger partial charge in [0.05, 0.1) is 18.5 Å². The Kier molecular flexibility index (Phi) is 7.21. The molecule has 0 radical (unpaired) electrons. The summed E-state index contributed by atoms with van der Waals surface area (Å²) in [4.78, 5) is 13.9. The first-order valence-corrected chi connectivity index (χ1v) is 7.52. The highest BCUT2D eigenvalue weighted by Gasteiger charge is 2.16. The monoisotopic (exact) mass is 307 g/mol. The number of hydrogen-bond donors (Lipinski definition) is 1. The molecule has 1 N–H and O–H groups in total. The van der Waals surface area contributed by atoms with E-state index in [1.165, 1.54) is 0 Å². The summed E-state index contributed by atoms with van der Waals surface area (Å²) < 4.78 is 0. The van der Waals surface area contributed by atoms with Crippen molar-refractivity contribution in [2.24, 2.45) is 5.92 Å². The number of carbonyl (C=O) groups is 1. The Morgan fingerprint density at radius 1 is 1.43 bits per heavy atom. The van der Waals surface area contributed by atoms with Gasteiger partial charge in [0.25, 0.3) is 0 Å². The predicted molar refractivity (Wildman–Crippen MR) is 84.9 cm³/mol. The van der Waals surface area contributed by atoms with Crippen LogP contribution in [0.15, 0.2) is 24.3 Å². The lowest BCUT2D eigenvalue weighted by atomic mass is 10.1. The standard InChI is InChI=1S/C16H22ClN3O/c1-4-20(11-12(2)9-18)16(21)10-19-13(3)14-7-5-6-8-15(14)17/h5-8,12-13,19H,4,10-11H2,1-3H3. The van der Waals surface area contributed by atoms with E-state index in [-0.39, 0.29) is 24.4 Å². The molecule has 1 rings (SSSR count). The van der Waals surface area contributed by atoms with Crippen LogP contribution in [0, 0.1) is 17.2 Å². The fourth-order valence-electron chi connectivity index (χ4n) is 2.07. The maximum Gasteiger partial charge on any atom is 0.236 e. The maximum atomic E-state index is 12.2. The van der Waals surface area contributed by atoms with Crippen molar-refractivity contribution < 1.29 is 4.79 Å². The van der Waals surface area contributed by atoms with E-state index in [1.54, 1.807) is 4.90 Å². The lowest BCUT2D eigenvalue weighted by Crippen LogP contribution is -2.40. The van der Waals surface area contributed by atoms with Crippen LogP contribution in [0.1, 0.15) is 32.4 Å². The summed E-state index contributed by atoms with van der Waals surface area (Å²) in [5, 5.41) is 12.7. The molecule has 0 aliphatic rings. The maximum absolute atomic E-state index is 12.2. The van der Waals surface area contributed by atoms with Gasteiger partial charge in [-0.25, -0.2) is 0 Å². The molecule has 114 valence electrons. The van der Waals surface area contributed by atoms with Gasteiger partial charge in [0, 0.05) is 24.2 Å². The highest BCUT2D eigenvalue weighted by molar-refractivity contribution is 6.31. The molecular weight excluding hydrogens is 286 g/mol. The number of likely N-dealkylation sites (N-methyl/N-ethyl adjacent to an activating group) is 1. The van der Waals surface area contributed by atoms with Crippen molar-refractivity contribution in [3.63, 3.8) is 0 Å². The van der Waals surface area contributed by atoms with Gasteiger partial charge >= 0.3 is 0 Å². The summed E-state index contributed by atoms with van der Waals surface area (Å²) >= 11 is 6.14. The molecule has 2 unspecified atom stereocenters. The van der Waals surface area contributed by atoms with Crippen LogP contribution in [-0.2, 0) is 4.79 Å². The third-order valence-electron chi connectivity index (χ3n) is 3.38. The van der Waals surface area contributed by atoms with Crippen molar-refractivity contribution in [1.82, 2.24) is 10.2 Å². The third kappa shape index (κ3) is 5.37. The van der Waals surface area contributed by atoms with Crippen LogP contribution in [0.5, 0.6) is 0 Å². The van der Waals surface area contributed by atoms with Gasteiger partial charge in [0.15, 0.2) is 0 Å². The van der Waals surface area contributed by atoms with Gasteiger partial charge < -0.3 is 10.2 Å². The summed E-state index contributed by atoms with van der Waals surface area (Å²) in [6.45, 7) is 7.01. The Hall–Kier alpha value is -1.57. The molecule has 1 amide bonds. The topological polar surface area (TPSA) is 56.1 Å². The highest BCUT2D eigenvalue weighted by Crippen LogP contribution is 2.21. The van der Waals surface area contributed by atoms with E-state index in [2.05, 4.69) is 11.4 Å². The van der Waals surface area contributed by atoms with Gasteiger partial charge in [-0.2, -0.15) is 5.26 Å². The van der Waals surface area contributed by atoms with Gasteiger partial charge in [-0.15, -0.1) is 0 Å². The van der Waals surface area contributed by atoms with Crippen molar-refractivity contribution in [3.8, 4) is 6.07 Å². The summed E-state index contributed by atoms with van der Waals surface area (Å²) in [6, 6.07) is 9.73. The van der Waals surface area contributed by atoms with Crippen molar-refractivity contribution in [1.29, 1.82) is 5.26 Å². The molecular formula is C16H22ClN3O. The van der Waals surface area contributed by atoms with Crippen molar-refractivity contribution in [2.75, 3.05) is 19.6 Å². The minimum atomic E-state index is -0.158. The van der Waals surface area contributed by atoms with E-state index in [1.807, 2.05) is 45.0 Å². The molecule has 0 heterocycles. The SMILES string of the molecule is CCN(CC(C)C#N)C(=O)CNC(C)c1ccccc1Cl. The van der Waals surface area contributed by atoms with E-state index in [4.69, 9.17) is 16.9 Å². The summed E-state index contributed by atoms with van der Waals surface area (Å²) in [7, 11) is 0. The van der Waals surface area contributed by atoms with Crippen LogP contribution < -0.4 is 5.32 Å². The molecule has 0 aromatic heterocycles. The Balaban J connectivity index is 2.55. The fraction of sp³-hybridized carbons (Fsp3) is 0.500. The Labute approximate surface area is 131 Å². The molecule has 2 atom stereocenters. The predicted octanol–water partition coefficient (Wildman–Crippen LogP) is 3.00. The van der Waals surface area contributed by atoms with Gasteiger partial charge in [-0.05, 0) is 32.4 Å². The molecule has 0 saturated carbocycles. The van der Waals surface area contributed by atoms with Crippen LogP contribution in [0.2, 0.25) is 5.02 Å². The zero-order chi connectivity index (χ0) is 15.8. The molecule has 1 aromatic rings. The molecule has 1 aromatic carbocycles. The van der Waals surface area contributed by atoms with Crippen molar-refractivity contribution in [3.05, 3.63) is 34.9 Å². The average molecular weight is 308 g/mol. The van der Waals surface area contributed by atoms with Crippen LogP contribution in [0.4, 0.5) is 0 Å². The Morgan fingerprint density at radius 2 is 2.10 bits per heavy atom. The Morgan fingerprint density at radius 3 is 2.67 bits per heavy atom. The van der Waals surface area contributed by atoms with Gasteiger partial charge in [0.2, 0.25) is 5.91 Å². The zero-order valence-corrected chi connectivity index (χ0v) is 13.5. The smallest absolute Gasteiger partial charge is 0.236 e. The minimum absolute atomic E-state index is 0.00139. The van der Waals surface area contributed by atoms with Crippen molar-refractivity contribution in [2.45, 2.75) is 26.8 Å². The van der Waals surface area contributed by atoms with E-state index in [0.717, 1.165) is 5.56 Å². The molecule has 0 spiro atoms. The lowest BCUT2D eigenvalue weighted by Gasteiger charge is -2.23. The number of amides is 1. The largest absolute Gasteiger partial charge is 0.341 e. The number of benzene rings is 1. The van der Waals surface area contributed by atoms with Crippen LogP contribution >= 0.6 is 11.6 Å².